The Morgan fingerprint density at radius 1 is 1.25 bits per heavy atom. The third-order valence-electron chi connectivity index (χ3n) is 3.32. The third-order valence-corrected chi connectivity index (χ3v) is 3.76. The summed E-state index contributed by atoms with van der Waals surface area (Å²) in [6.07, 6.45) is 0.984. The summed E-state index contributed by atoms with van der Waals surface area (Å²) in [6.45, 7) is 4.03. The Balaban J connectivity index is 1.98. The lowest BCUT2D eigenvalue weighted by Gasteiger charge is -2.14. The van der Waals surface area contributed by atoms with Crippen LogP contribution in [0.3, 0.4) is 0 Å². The molecule has 2 rings (SSSR count). The van der Waals surface area contributed by atoms with Crippen molar-refractivity contribution in [3.8, 4) is 5.75 Å². The highest BCUT2D eigenvalue weighted by atomic mass is 35.5. The highest BCUT2D eigenvalue weighted by Crippen LogP contribution is 2.17. The van der Waals surface area contributed by atoms with Gasteiger partial charge in [-0.05, 0) is 62.0 Å². The first-order chi connectivity index (χ1) is 11.5. The van der Waals surface area contributed by atoms with E-state index >= 15 is 0 Å². The molecule has 0 aliphatic rings. The van der Waals surface area contributed by atoms with Gasteiger partial charge in [-0.25, -0.2) is 0 Å². The average molecular weight is 363 g/mol. The first kappa shape index (κ1) is 18.2. The molecule has 0 radical (unpaired) electrons. The maximum absolute atomic E-state index is 12.3. The van der Waals surface area contributed by atoms with Gasteiger partial charge in [0.1, 0.15) is 5.75 Å². The van der Waals surface area contributed by atoms with Gasteiger partial charge < -0.3 is 10.1 Å². The Kier molecular flexibility index (Phi) is 6.58. The van der Waals surface area contributed by atoms with Crippen molar-refractivity contribution in [2.45, 2.75) is 26.4 Å². The van der Waals surface area contributed by atoms with Gasteiger partial charge in [-0.3, -0.25) is 10.1 Å². The number of amides is 1. The summed E-state index contributed by atoms with van der Waals surface area (Å²) in [5.41, 5.74) is 1.19. The predicted octanol–water partition coefficient (Wildman–Crippen LogP) is 4.64. The van der Waals surface area contributed by atoms with Crippen molar-refractivity contribution in [3.05, 3.63) is 59.1 Å². The van der Waals surface area contributed by atoms with E-state index in [0.29, 0.717) is 22.0 Å². The molecule has 1 unspecified atom stereocenters. The second-order valence-electron chi connectivity index (χ2n) is 5.28. The number of halogens is 1. The normalized spacial score (nSPS) is 11.5. The van der Waals surface area contributed by atoms with Gasteiger partial charge in [0.2, 0.25) is 0 Å². The SMILES string of the molecule is CCC(C)Oc1cccc(C(=O)NC(=S)Nc2cccc(Cl)c2)c1. The number of nitrogens with one attached hydrogen (secondary N) is 2. The molecule has 2 N–H and O–H groups in total. The van der Waals surface area contributed by atoms with Gasteiger partial charge in [0.15, 0.2) is 5.11 Å². The summed E-state index contributed by atoms with van der Waals surface area (Å²) >= 11 is 11.1. The topological polar surface area (TPSA) is 50.4 Å². The van der Waals surface area contributed by atoms with E-state index in [4.69, 9.17) is 28.6 Å². The van der Waals surface area contributed by atoms with Crippen LogP contribution in [-0.2, 0) is 0 Å². The van der Waals surface area contributed by atoms with Crippen LogP contribution in [0.1, 0.15) is 30.6 Å². The highest BCUT2D eigenvalue weighted by molar-refractivity contribution is 7.80. The van der Waals surface area contributed by atoms with E-state index in [1.165, 1.54) is 0 Å². The third kappa shape index (κ3) is 5.51. The van der Waals surface area contributed by atoms with Crippen LogP contribution in [0, 0.1) is 0 Å². The zero-order valence-corrected chi connectivity index (χ0v) is 15.1. The van der Waals surface area contributed by atoms with Gasteiger partial charge in [0.25, 0.3) is 5.91 Å². The molecule has 126 valence electrons. The van der Waals surface area contributed by atoms with E-state index < -0.39 is 0 Å². The van der Waals surface area contributed by atoms with E-state index in [0.717, 1.165) is 6.42 Å². The molecule has 0 spiro atoms. The minimum atomic E-state index is -0.302. The van der Waals surface area contributed by atoms with E-state index in [-0.39, 0.29) is 17.1 Å². The Bertz CT molecular complexity index is 736. The largest absolute Gasteiger partial charge is 0.491 e. The monoisotopic (exact) mass is 362 g/mol. The van der Waals surface area contributed by atoms with Gasteiger partial charge in [-0.15, -0.1) is 0 Å². The molecule has 6 heteroatoms. The highest BCUT2D eigenvalue weighted by Gasteiger charge is 2.10. The molecule has 4 nitrogen and oxygen atoms in total. The minimum absolute atomic E-state index is 0.0916. The molecule has 0 aliphatic carbocycles. The second-order valence-corrected chi connectivity index (χ2v) is 6.13. The predicted molar refractivity (Wildman–Crippen MR) is 102 cm³/mol. The fourth-order valence-electron chi connectivity index (χ4n) is 1.93. The second kappa shape index (κ2) is 8.66. The lowest BCUT2D eigenvalue weighted by molar-refractivity contribution is 0.0977. The number of hydrogen-bond acceptors (Lipinski definition) is 3. The van der Waals surface area contributed by atoms with Crippen molar-refractivity contribution in [1.29, 1.82) is 0 Å². The maximum atomic E-state index is 12.3. The van der Waals surface area contributed by atoms with Crippen molar-refractivity contribution >= 4 is 40.5 Å². The molecule has 0 saturated heterocycles. The molecule has 0 aliphatic heterocycles. The Morgan fingerprint density at radius 2 is 2.00 bits per heavy atom. The number of carbonyl (C=O) groups is 1. The number of benzene rings is 2. The molecular weight excluding hydrogens is 344 g/mol. The van der Waals surface area contributed by atoms with E-state index in [1.807, 2.05) is 26.0 Å². The van der Waals surface area contributed by atoms with Crippen LogP contribution < -0.4 is 15.4 Å². The molecule has 2 aromatic rings. The van der Waals surface area contributed by atoms with Gasteiger partial charge in [-0.2, -0.15) is 0 Å². The number of rotatable bonds is 5. The summed E-state index contributed by atoms with van der Waals surface area (Å²) in [7, 11) is 0. The molecular formula is C18H19ClN2O2S. The van der Waals surface area contributed by atoms with Crippen LogP contribution in [0.4, 0.5) is 5.69 Å². The van der Waals surface area contributed by atoms with Crippen LogP contribution in [-0.4, -0.2) is 17.1 Å². The minimum Gasteiger partial charge on any atom is -0.491 e. The maximum Gasteiger partial charge on any atom is 0.257 e. The van der Waals surface area contributed by atoms with Gasteiger partial charge in [-0.1, -0.05) is 30.7 Å². The number of thiocarbonyl (C=S) groups is 1. The Labute approximate surface area is 152 Å². The molecule has 1 amide bonds. The summed E-state index contributed by atoms with van der Waals surface area (Å²) in [5.74, 6) is 0.356. The summed E-state index contributed by atoms with van der Waals surface area (Å²) in [4.78, 5) is 12.3. The molecule has 0 saturated carbocycles. The average Bonchev–Trinajstić information content (AvgIpc) is 2.54. The zero-order chi connectivity index (χ0) is 17.5. The quantitative estimate of drug-likeness (QED) is 0.760. The molecule has 0 heterocycles. The van der Waals surface area contributed by atoms with Crippen LogP contribution in [0.25, 0.3) is 0 Å². The lowest BCUT2D eigenvalue weighted by atomic mass is 10.2. The van der Waals surface area contributed by atoms with Crippen LogP contribution in [0.5, 0.6) is 5.75 Å². The molecule has 2 aromatic carbocycles. The lowest BCUT2D eigenvalue weighted by Crippen LogP contribution is -2.34. The zero-order valence-electron chi connectivity index (χ0n) is 13.5. The summed E-state index contributed by atoms with van der Waals surface area (Å²) in [6, 6.07) is 14.1. The number of hydrogen-bond donors (Lipinski definition) is 2. The van der Waals surface area contributed by atoms with Crippen molar-refractivity contribution < 1.29 is 9.53 Å². The summed E-state index contributed by atoms with van der Waals surface area (Å²) < 4.78 is 5.72. The van der Waals surface area contributed by atoms with Crippen molar-refractivity contribution in [2.75, 3.05) is 5.32 Å². The fraction of sp³-hybridized carbons (Fsp3) is 0.222. The van der Waals surface area contributed by atoms with Gasteiger partial charge in [0, 0.05) is 16.3 Å². The smallest absolute Gasteiger partial charge is 0.257 e. The molecule has 24 heavy (non-hydrogen) atoms. The van der Waals surface area contributed by atoms with Crippen molar-refractivity contribution in [3.63, 3.8) is 0 Å². The molecule has 0 aromatic heterocycles. The van der Waals surface area contributed by atoms with E-state index in [1.54, 1.807) is 36.4 Å². The van der Waals surface area contributed by atoms with E-state index in [2.05, 4.69) is 10.6 Å². The Hall–Kier alpha value is -2.11. The van der Waals surface area contributed by atoms with Gasteiger partial charge >= 0.3 is 0 Å². The Morgan fingerprint density at radius 3 is 2.71 bits per heavy atom. The van der Waals surface area contributed by atoms with Gasteiger partial charge in [0.05, 0.1) is 6.10 Å². The number of anilines is 1. The number of ether oxygens (including phenoxy) is 1. The van der Waals surface area contributed by atoms with Crippen LogP contribution >= 0.6 is 23.8 Å². The first-order valence-electron chi connectivity index (χ1n) is 7.62. The standard InChI is InChI=1S/C18H19ClN2O2S/c1-3-12(2)23-16-9-4-6-13(10-16)17(22)21-18(24)20-15-8-5-7-14(19)11-15/h4-12H,3H2,1-2H3,(H2,20,21,22,24). The number of carbonyl (C=O) groups excluding carboxylic acids is 1. The first-order valence-corrected chi connectivity index (χ1v) is 8.41. The summed E-state index contributed by atoms with van der Waals surface area (Å²) in [5, 5.41) is 6.36. The van der Waals surface area contributed by atoms with E-state index in [9.17, 15) is 4.79 Å². The molecule has 1 atom stereocenters. The molecule has 0 fully saturated rings. The van der Waals surface area contributed by atoms with Crippen molar-refractivity contribution in [2.24, 2.45) is 0 Å². The fourth-order valence-corrected chi connectivity index (χ4v) is 2.33. The van der Waals surface area contributed by atoms with Crippen LogP contribution in [0.2, 0.25) is 5.02 Å². The van der Waals surface area contributed by atoms with Crippen LogP contribution in [0.15, 0.2) is 48.5 Å². The van der Waals surface area contributed by atoms with Crippen molar-refractivity contribution in [1.82, 2.24) is 5.32 Å². The molecule has 0 bridgehead atoms.